The summed E-state index contributed by atoms with van der Waals surface area (Å²) in [5.41, 5.74) is -2.56. The van der Waals surface area contributed by atoms with E-state index in [2.05, 4.69) is 24.3 Å². The van der Waals surface area contributed by atoms with Crippen molar-refractivity contribution >= 4 is 27.3 Å². The lowest BCUT2D eigenvalue weighted by Crippen LogP contribution is -2.31. The van der Waals surface area contributed by atoms with Crippen LogP contribution in [0, 0.1) is 0 Å². The molecular weight excluding hydrogens is 445 g/mol. The maximum atomic E-state index is 10.7. The van der Waals surface area contributed by atoms with E-state index in [1.807, 2.05) is 76.4 Å². The van der Waals surface area contributed by atoms with Crippen molar-refractivity contribution in [1.82, 2.24) is 0 Å². The molecule has 0 atom stereocenters. The van der Waals surface area contributed by atoms with Crippen LogP contribution >= 0.6 is 0 Å². The number of para-hydroxylation sites is 2. The monoisotopic (exact) mass is 462 g/mol. The van der Waals surface area contributed by atoms with Gasteiger partial charge in [0.15, 0.2) is 10.1 Å². The molecule has 0 saturated carbocycles. The zero-order chi connectivity index (χ0) is 23.2. The van der Waals surface area contributed by atoms with Crippen LogP contribution in [0.4, 0.5) is 24.5 Å². The molecule has 7 nitrogen and oxygen atoms in total. The highest BCUT2D eigenvalue weighted by Crippen LogP contribution is 2.22. The molecule has 166 valence electrons. The molecule has 0 bridgehead atoms. The number of halogens is 3. The number of alkyl halides is 3. The van der Waals surface area contributed by atoms with E-state index in [9.17, 15) is 13.2 Å². The van der Waals surface area contributed by atoms with E-state index in [1.165, 1.54) is 0 Å². The first-order valence-corrected chi connectivity index (χ1v) is 10.6. The van der Waals surface area contributed by atoms with Gasteiger partial charge in [-0.1, -0.05) is 71.4 Å². The van der Waals surface area contributed by atoms with Gasteiger partial charge in [0.05, 0.1) is 5.69 Å². The Bertz CT molecular complexity index is 1200. The third-order valence-electron chi connectivity index (χ3n) is 4.12. The molecule has 0 aliphatic carbocycles. The van der Waals surface area contributed by atoms with Gasteiger partial charge in [0.1, 0.15) is 0 Å². The Morgan fingerprint density at radius 1 is 0.844 bits per heavy atom. The first-order chi connectivity index (χ1) is 15.1. The van der Waals surface area contributed by atoms with Gasteiger partial charge in [-0.25, -0.2) is 13.4 Å². The number of anilines is 1. The van der Waals surface area contributed by atoms with Crippen molar-refractivity contribution in [3.63, 3.8) is 0 Å². The summed E-state index contributed by atoms with van der Waals surface area (Å²) in [4.78, 5) is 0. The highest BCUT2D eigenvalue weighted by Gasteiger charge is 2.36. The molecule has 0 unspecified atom stereocenters. The number of amidine groups is 1. The second kappa shape index (κ2) is 9.71. The summed E-state index contributed by atoms with van der Waals surface area (Å²) < 4.78 is 60.9. The molecule has 32 heavy (non-hydrogen) atoms. The lowest BCUT2D eigenvalue weighted by atomic mass is 10.2. The SMILES string of the molecule is O=S(=O)([O-])C(F)(F)F.c1ccc(C2=NN(c3ccccc3)C[N+](c3ccccc3)=N2)cc1. The van der Waals surface area contributed by atoms with Gasteiger partial charge in [0.2, 0.25) is 11.5 Å². The second-order valence-electron chi connectivity index (χ2n) is 6.40. The summed E-state index contributed by atoms with van der Waals surface area (Å²) in [5.74, 6) is 0.703. The van der Waals surface area contributed by atoms with Crippen LogP contribution in [0.2, 0.25) is 0 Å². The predicted octanol–water partition coefficient (Wildman–Crippen LogP) is 4.67. The molecule has 0 radical (unpaired) electrons. The summed E-state index contributed by atoms with van der Waals surface area (Å²) >= 11 is 0. The van der Waals surface area contributed by atoms with Crippen molar-refractivity contribution in [3.8, 4) is 0 Å². The van der Waals surface area contributed by atoms with Gasteiger partial charge in [-0.2, -0.15) is 13.2 Å². The highest BCUT2D eigenvalue weighted by molar-refractivity contribution is 7.86. The molecule has 3 aromatic carbocycles. The van der Waals surface area contributed by atoms with Crippen LogP contribution in [0.15, 0.2) is 101 Å². The molecule has 4 rings (SSSR count). The Hall–Kier alpha value is -3.57. The van der Waals surface area contributed by atoms with Crippen LogP contribution in [-0.2, 0) is 10.1 Å². The van der Waals surface area contributed by atoms with Gasteiger partial charge in [0, 0.05) is 22.8 Å². The first-order valence-electron chi connectivity index (χ1n) is 9.18. The van der Waals surface area contributed by atoms with E-state index in [1.54, 1.807) is 0 Å². The summed E-state index contributed by atoms with van der Waals surface area (Å²) in [5, 5.41) is 11.5. The quantitative estimate of drug-likeness (QED) is 0.321. The van der Waals surface area contributed by atoms with Crippen molar-refractivity contribution in [2.24, 2.45) is 10.2 Å². The predicted molar refractivity (Wildman–Crippen MR) is 111 cm³/mol. The fourth-order valence-electron chi connectivity index (χ4n) is 2.62. The number of hydrogen-bond acceptors (Lipinski definition) is 6. The summed E-state index contributed by atoms with van der Waals surface area (Å²) in [6.07, 6.45) is 0. The van der Waals surface area contributed by atoms with Crippen LogP contribution < -0.4 is 5.01 Å². The molecule has 0 amide bonds. The fraction of sp³-hybridized carbons (Fsp3) is 0.0952. The molecule has 1 aliphatic heterocycles. The smallest absolute Gasteiger partial charge is 0.485 e. The zero-order valence-corrected chi connectivity index (χ0v) is 17.2. The molecule has 0 saturated heterocycles. The van der Waals surface area contributed by atoms with E-state index in [0.717, 1.165) is 16.9 Å². The van der Waals surface area contributed by atoms with Gasteiger partial charge >= 0.3 is 5.51 Å². The number of azo groups is 2. The molecule has 1 aliphatic rings. The normalized spacial score (nSPS) is 14.1. The number of nitrogens with zero attached hydrogens (tertiary/aromatic N) is 4. The summed E-state index contributed by atoms with van der Waals surface area (Å²) in [6, 6.07) is 30.4. The van der Waals surface area contributed by atoms with E-state index < -0.39 is 15.6 Å². The maximum absolute atomic E-state index is 10.7. The van der Waals surface area contributed by atoms with Gasteiger partial charge in [0.25, 0.3) is 6.67 Å². The molecule has 1 heterocycles. The van der Waals surface area contributed by atoms with Gasteiger partial charge in [-0.05, 0) is 12.1 Å². The molecule has 0 spiro atoms. The second-order valence-corrected chi connectivity index (χ2v) is 7.77. The van der Waals surface area contributed by atoms with Gasteiger partial charge in [-0.15, -0.1) is 5.10 Å². The molecule has 0 aromatic heterocycles. The van der Waals surface area contributed by atoms with Crippen LogP contribution in [-0.4, -0.2) is 35.7 Å². The lowest BCUT2D eigenvalue weighted by molar-refractivity contribution is -0.508. The van der Waals surface area contributed by atoms with E-state index in [-0.39, 0.29) is 0 Å². The maximum Gasteiger partial charge on any atom is 0.485 e. The minimum absolute atomic E-state index is 0.574. The number of benzene rings is 3. The number of rotatable bonds is 3. The summed E-state index contributed by atoms with van der Waals surface area (Å²) in [6.45, 7) is 0.574. The third-order valence-corrected chi connectivity index (χ3v) is 4.69. The van der Waals surface area contributed by atoms with Crippen molar-refractivity contribution < 1.29 is 30.8 Å². The molecule has 0 N–H and O–H groups in total. The average Bonchev–Trinajstić information content (AvgIpc) is 2.80. The minimum Gasteiger partial charge on any atom is -0.741 e. The molecule has 3 aromatic rings. The molecule has 0 fully saturated rings. The molecule has 11 heteroatoms. The van der Waals surface area contributed by atoms with Crippen molar-refractivity contribution in [2.45, 2.75) is 5.51 Å². The number of hydrogen-bond donors (Lipinski definition) is 0. The number of hydrazone groups is 1. The van der Waals surface area contributed by atoms with E-state index >= 15 is 0 Å². The lowest BCUT2D eigenvalue weighted by Gasteiger charge is -2.20. The van der Waals surface area contributed by atoms with E-state index in [0.29, 0.717) is 12.5 Å². The Labute approximate surface area is 182 Å². The van der Waals surface area contributed by atoms with Crippen molar-refractivity contribution in [3.05, 3.63) is 96.6 Å². The third kappa shape index (κ3) is 5.99. The van der Waals surface area contributed by atoms with Crippen molar-refractivity contribution in [2.75, 3.05) is 11.7 Å². The van der Waals surface area contributed by atoms with Crippen LogP contribution in [0.3, 0.4) is 0 Å². The van der Waals surface area contributed by atoms with Crippen LogP contribution in [0.1, 0.15) is 5.56 Å². The summed E-state index contributed by atoms with van der Waals surface area (Å²) in [7, 11) is -6.09. The Balaban J connectivity index is 0.000000312. The Kier molecular flexibility index (Phi) is 7.01. The minimum atomic E-state index is -6.09. The van der Waals surface area contributed by atoms with Crippen molar-refractivity contribution in [1.29, 1.82) is 0 Å². The van der Waals surface area contributed by atoms with Gasteiger partial charge in [-0.3, -0.25) is 0 Å². The fourth-order valence-corrected chi connectivity index (χ4v) is 2.62. The zero-order valence-electron chi connectivity index (χ0n) is 16.4. The Morgan fingerprint density at radius 2 is 1.31 bits per heavy atom. The topological polar surface area (TPSA) is 88.2 Å². The van der Waals surface area contributed by atoms with Gasteiger partial charge < -0.3 is 4.55 Å². The van der Waals surface area contributed by atoms with Crippen LogP contribution in [0.25, 0.3) is 0 Å². The molecular formula is C21H17F3N4O3S. The standard InChI is InChI=1S/C20H17N4.CHF3O3S/c1-4-10-17(11-5-1)20-21-23(18-12-6-2-7-13-18)16-24(22-20)19-14-8-3-9-15-19;2-1(3,4)8(5,6)7/h1-15H,16H2;(H,5,6,7)/q+1;/p-1. The largest absolute Gasteiger partial charge is 0.741 e. The van der Waals surface area contributed by atoms with Crippen LogP contribution in [0.5, 0.6) is 0 Å². The average molecular weight is 462 g/mol. The first kappa shape index (κ1) is 23.1. The highest BCUT2D eigenvalue weighted by atomic mass is 32.2. The van der Waals surface area contributed by atoms with E-state index in [4.69, 9.17) is 23.2 Å². The Morgan fingerprint density at radius 3 is 1.81 bits per heavy atom.